The Labute approximate surface area is 170 Å². The van der Waals surface area contributed by atoms with E-state index in [1.807, 2.05) is 12.1 Å². The molecule has 2 aromatic rings. The largest absolute Gasteiger partial charge is 0.459 e. The Morgan fingerprint density at radius 3 is 2.59 bits per heavy atom. The van der Waals surface area contributed by atoms with Crippen molar-refractivity contribution in [3.05, 3.63) is 54.0 Å². The molecule has 0 aliphatic carbocycles. The molecule has 3 heterocycles. The van der Waals surface area contributed by atoms with Crippen LogP contribution in [0.1, 0.15) is 29.0 Å². The summed E-state index contributed by atoms with van der Waals surface area (Å²) in [6.45, 7) is 5.18. The minimum Gasteiger partial charge on any atom is -0.459 e. The summed E-state index contributed by atoms with van der Waals surface area (Å²) in [6, 6.07) is 10.8. The molecule has 4 rings (SSSR count). The molecule has 2 aliphatic rings. The summed E-state index contributed by atoms with van der Waals surface area (Å²) in [5.74, 6) is -0.107. The van der Waals surface area contributed by atoms with Crippen molar-refractivity contribution in [1.82, 2.24) is 9.80 Å². The molecule has 1 unspecified atom stereocenters. The van der Waals surface area contributed by atoms with Gasteiger partial charge in [-0.1, -0.05) is 12.1 Å². The van der Waals surface area contributed by atoms with E-state index in [1.165, 1.54) is 11.8 Å². The highest BCUT2D eigenvalue weighted by molar-refractivity contribution is 6.00. The van der Waals surface area contributed by atoms with Crippen molar-refractivity contribution >= 4 is 17.5 Å². The SMILES string of the molecule is O=C(Nc1ccc(CCN2CCOCC2)cc1)C1CCCN1C(=O)c1ccco1. The Hall–Kier alpha value is -2.64. The van der Waals surface area contributed by atoms with Crippen molar-refractivity contribution < 1.29 is 18.7 Å². The molecule has 2 aliphatic heterocycles. The fraction of sp³-hybridized carbons (Fsp3) is 0.455. The highest BCUT2D eigenvalue weighted by Gasteiger charge is 2.35. The van der Waals surface area contributed by atoms with Crippen LogP contribution >= 0.6 is 0 Å². The van der Waals surface area contributed by atoms with Crippen molar-refractivity contribution in [3.63, 3.8) is 0 Å². The number of carbonyl (C=O) groups excluding carboxylic acids is 2. The molecule has 7 nitrogen and oxygen atoms in total. The second-order valence-electron chi connectivity index (χ2n) is 7.52. The average molecular weight is 397 g/mol. The molecule has 0 saturated carbocycles. The zero-order chi connectivity index (χ0) is 20.1. The average Bonchev–Trinajstić information content (AvgIpc) is 3.46. The number of likely N-dealkylation sites (tertiary alicyclic amines) is 1. The smallest absolute Gasteiger partial charge is 0.290 e. The van der Waals surface area contributed by atoms with Crippen LogP contribution in [0.2, 0.25) is 0 Å². The Kier molecular flexibility index (Phi) is 6.27. The van der Waals surface area contributed by atoms with Gasteiger partial charge in [0.25, 0.3) is 5.91 Å². The Balaban J connectivity index is 1.31. The zero-order valence-electron chi connectivity index (χ0n) is 16.5. The van der Waals surface area contributed by atoms with Crippen LogP contribution in [0.4, 0.5) is 5.69 Å². The summed E-state index contributed by atoms with van der Waals surface area (Å²) in [5, 5.41) is 2.96. The van der Waals surface area contributed by atoms with Gasteiger partial charge in [0.15, 0.2) is 5.76 Å². The van der Waals surface area contributed by atoms with Crippen molar-refractivity contribution in [3.8, 4) is 0 Å². The molecule has 1 atom stereocenters. The van der Waals surface area contributed by atoms with E-state index in [1.54, 1.807) is 17.0 Å². The van der Waals surface area contributed by atoms with Crippen LogP contribution in [0.3, 0.4) is 0 Å². The molecule has 1 aromatic carbocycles. The Bertz CT molecular complexity index is 813. The van der Waals surface area contributed by atoms with Crippen LogP contribution < -0.4 is 5.32 Å². The van der Waals surface area contributed by atoms with Crippen LogP contribution in [0.25, 0.3) is 0 Å². The summed E-state index contributed by atoms with van der Waals surface area (Å²) in [7, 11) is 0. The first kappa shape index (κ1) is 19.7. The van der Waals surface area contributed by atoms with E-state index >= 15 is 0 Å². The lowest BCUT2D eigenvalue weighted by Gasteiger charge is -2.26. The third-order valence-corrected chi connectivity index (χ3v) is 5.59. The summed E-state index contributed by atoms with van der Waals surface area (Å²) in [4.78, 5) is 29.3. The number of anilines is 1. The standard InChI is InChI=1S/C22H27N3O4/c26-21(19-3-1-10-25(19)22(27)20-4-2-14-29-20)23-18-7-5-17(6-8-18)9-11-24-12-15-28-16-13-24/h2,4-8,14,19H,1,3,9-13,15-16H2,(H,23,26). The van der Waals surface area contributed by atoms with E-state index in [4.69, 9.17) is 9.15 Å². The number of rotatable bonds is 6. The number of benzene rings is 1. The van der Waals surface area contributed by atoms with Gasteiger partial charge in [-0.05, 0) is 49.1 Å². The number of ether oxygens (including phenoxy) is 1. The van der Waals surface area contributed by atoms with Crippen molar-refractivity contribution in [2.75, 3.05) is 44.7 Å². The van der Waals surface area contributed by atoms with E-state index in [-0.39, 0.29) is 17.6 Å². The molecule has 1 N–H and O–H groups in total. The number of amides is 2. The zero-order valence-corrected chi connectivity index (χ0v) is 16.5. The number of nitrogens with zero attached hydrogens (tertiary/aromatic N) is 2. The molecule has 2 amide bonds. The van der Waals surface area contributed by atoms with Crippen LogP contribution in [0, 0.1) is 0 Å². The van der Waals surface area contributed by atoms with Gasteiger partial charge < -0.3 is 19.4 Å². The summed E-state index contributed by atoms with van der Waals surface area (Å²) in [5.41, 5.74) is 1.99. The lowest BCUT2D eigenvalue weighted by molar-refractivity contribution is -0.119. The minimum absolute atomic E-state index is 0.150. The number of nitrogens with one attached hydrogen (secondary N) is 1. The topological polar surface area (TPSA) is 75.0 Å². The highest BCUT2D eigenvalue weighted by atomic mass is 16.5. The maximum atomic E-state index is 12.8. The van der Waals surface area contributed by atoms with Gasteiger partial charge in [0.1, 0.15) is 6.04 Å². The minimum atomic E-state index is -0.464. The van der Waals surface area contributed by atoms with E-state index in [2.05, 4.69) is 22.3 Å². The second-order valence-corrected chi connectivity index (χ2v) is 7.52. The Morgan fingerprint density at radius 2 is 1.86 bits per heavy atom. The van der Waals surface area contributed by atoms with Gasteiger partial charge in [-0.2, -0.15) is 0 Å². The summed E-state index contributed by atoms with van der Waals surface area (Å²) < 4.78 is 10.6. The molecular weight excluding hydrogens is 370 g/mol. The molecule has 0 spiro atoms. The molecule has 7 heteroatoms. The van der Waals surface area contributed by atoms with Crippen molar-refractivity contribution in [1.29, 1.82) is 0 Å². The third-order valence-electron chi connectivity index (χ3n) is 5.59. The summed E-state index contributed by atoms with van der Waals surface area (Å²) in [6.07, 6.45) is 3.92. The molecule has 1 aromatic heterocycles. The molecule has 29 heavy (non-hydrogen) atoms. The number of furan rings is 1. The highest BCUT2D eigenvalue weighted by Crippen LogP contribution is 2.22. The van der Waals surface area contributed by atoms with E-state index < -0.39 is 6.04 Å². The first-order valence-corrected chi connectivity index (χ1v) is 10.2. The van der Waals surface area contributed by atoms with Gasteiger partial charge >= 0.3 is 0 Å². The van der Waals surface area contributed by atoms with Crippen LogP contribution in [0.5, 0.6) is 0 Å². The van der Waals surface area contributed by atoms with E-state index in [0.717, 1.165) is 51.4 Å². The quantitative estimate of drug-likeness (QED) is 0.810. The lowest BCUT2D eigenvalue weighted by Crippen LogP contribution is -2.43. The van der Waals surface area contributed by atoms with Gasteiger partial charge in [0.05, 0.1) is 19.5 Å². The summed E-state index contributed by atoms with van der Waals surface area (Å²) >= 11 is 0. The van der Waals surface area contributed by atoms with E-state index in [9.17, 15) is 9.59 Å². The van der Waals surface area contributed by atoms with Crippen LogP contribution in [-0.2, 0) is 16.0 Å². The predicted molar refractivity (Wildman–Crippen MR) is 109 cm³/mol. The fourth-order valence-electron chi connectivity index (χ4n) is 3.92. The van der Waals surface area contributed by atoms with Gasteiger partial charge in [0, 0.05) is 31.9 Å². The van der Waals surface area contributed by atoms with Crippen molar-refractivity contribution in [2.24, 2.45) is 0 Å². The number of carbonyl (C=O) groups is 2. The first-order chi connectivity index (χ1) is 14.2. The number of hydrogen-bond donors (Lipinski definition) is 1. The maximum absolute atomic E-state index is 12.8. The second kappa shape index (κ2) is 9.24. The fourth-order valence-corrected chi connectivity index (χ4v) is 3.92. The molecule has 2 fully saturated rings. The molecule has 0 radical (unpaired) electrons. The molecule has 154 valence electrons. The number of hydrogen-bond acceptors (Lipinski definition) is 5. The van der Waals surface area contributed by atoms with Crippen LogP contribution in [-0.4, -0.2) is 67.0 Å². The molecular formula is C22H27N3O4. The maximum Gasteiger partial charge on any atom is 0.290 e. The molecule has 2 saturated heterocycles. The monoisotopic (exact) mass is 397 g/mol. The van der Waals surface area contributed by atoms with Gasteiger partial charge in [-0.3, -0.25) is 14.5 Å². The van der Waals surface area contributed by atoms with Gasteiger partial charge in [-0.15, -0.1) is 0 Å². The Morgan fingerprint density at radius 1 is 1.07 bits per heavy atom. The number of morpholine rings is 1. The van der Waals surface area contributed by atoms with Crippen LogP contribution in [0.15, 0.2) is 47.1 Å². The predicted octanol–water partition coefficient (Wildman–Crippen LogP) is 2.40. The first-order valence-electron chi connectivity index (χ1n) is 10.2. The normalized spacial score (nSPS) is 20.0. The third kappa shape index (κ3) is 4.86. The van der Waals surface area contributed by atoms with Gasteiger partial charge in [-0.25, -0.2) is 0 Å². The lowest BCUT2D eigenvalue weighted by atomic mass is 10.1. The van der Waals surface area contributed by atoms with E-state index in [0.29, 0.717) is 13.0 Å². The molecule has 0 bridgehead atoms. The van der Waals surface area contributed by atoms with Crippen molar-refractivity contribution in [2.45, 2.75) is 25.3 Å². The van der Waals surface area contributed by atoms with Gasteiger partial charge in [0.2, 0.25) is 5.91 Å².